The van der Waals surface area contributed by atoms with Crippen LogP contribution in [0, 0.1) is 0 Å². The number of rotatable bonds is 8. The number of benzene rings is 1. The fraction of sp³-hybridized carbons (Fsp3) is 0.500. The molecular formula is C14H20O5S. The third-order valence-corrected chi connectivity index (χ3v) is 3.40. The van der Waals surface area contributed by atoms with E-state index in [1.165, 1.54) is 0 Å². The van der Waals surface area contributed by atoms with Gasteiger partial charge in [0.15, 0.2) is 0 Å². The molecule has 20 heavy (non-hydrogen) atoms. The molecule has 0 amide bonds. The summed E-state index contributed by atoms with van der Waals surface area (Å²) in [6, 6.07) is 8.85. The highest BCUT2D eigenvalue weighted by Gasteiger charge is 2.25. The van der Waals surface area contributed by atoms with E-state index >= 15 is 0 Å². The van der Waals surface area contributed by atoms with E-state index in [2.05, 4.69) is 11.1 Å². The topological polar surface area (TPSA) is 80.7 Å². The highest BCUT2D eigenvalue weighted by Crippen LogP contribution is 2.24. The quantitative estimate of drug-likeness (QED) is 0.589. The summed E-state index contributed by atoms with van der Waals surface area (Å²) in [5.41, 5.74) is 0.692. The monoisotopic (exact) mass is 300 g/mol. The van der Waals surface area contributed by atoms with Gasteiger partial charge in [0, 0.05) is 0 Å². The van der Waals surface area contributed by atoms with Crippen LogP contribution in [-0.2, 0) is 19.4 Å². The Balaban J connectivity index is 2.76. The fourth-order valence-corrected chi connectivity index (χ4v) is 2.37. The summed E-state index contributed by atoms with van der Waals surface area (Å²) in [6.45, 7) is 2.08. The van der Waals surface area contributed by atoms with E-state index in [9.17, 15) is 13.2 Å². The minimum Gasteiger partial charge on any atom is -0.324 e. The second-order valence-electron chi connectivity index (χ2n) is 4.64. The molecule has 0 saturated heterocycles. The molecule has 0 heterocycles. The van der Waals surface area contributed by atoms with Crippen LogP contribution < -0.4 is 0 Å². The average Bonchev–Trinajstić information content (AvgIpc) is 2.37. The summed E-state index contributed by atoms with van der Waals surface area (Å²) < 4.78 is 34.1. The highest BCUT2D eigenvalue weighted by atomic mass is 32.3. The lowest BCUT2D eigenvalue weighted by Crippen LogP contribution is -2.19. The number of unbranched alkanes of at least 4 members (excludes halogenated alkanes) is 3. The molecule has 0 spiro atoms. The smallest absolute Gasteiger partial charge is 0.324 e. The molecule has 112 valence electrons. The van der Waals surface area contributed by atoms with Crippen LogP contribution in [0.2, 0.25) is 0 Å². The van der Waals surface area contributed by atoms with Gasteiger partial charge in [-0.3, -0.25) is 9.35 Å². The summed E-state index contributed by atoms with van der Waals surface area (Å²) in [5, 5.41) is 0. The summed E-state index contributed by atoms with van der Waals surface area (Å²) in [4.78, 5) is 11.9. The second-order valence-corrected chi connectivity index (χ2v) is 5.66. The van der Waals surface area contributed by atoms with Gasteiger partial charge in [0.2, 0.25) is 0 Å². The molecule has 0 fully saturated rings. The summed E-state index contributed by atoms with van der Waals surface area (Å²) in [6.07, 6.45) is 4.41. The molecule has 6 heteroatoms. The maximum absolute atomic E-state index is 11.9. The first kappa shape index (κ1) is 16.7. The summed E-state index contributed by atoms with van der Waals surface area (Å²) >= 11 is 0. The van der Waals surface area contributed by atoms with Crippen LogP contribution >= 0.6 is 0 Å². The highest BCUT2D eigenvalue weighted by molar-refractivity contribution is 7.81. The van der Waals surface area contributed by atoms with E-state index in [0.29, 0.717) is 12.0 Å². The fourth-order valence-electron chi connectivity index (χ4n) is 2.04. The second kappa shape index (κ2) is 8.01. The van der Waals surface area contributed by atoms with Gasteiger partial charge in [-0.1, -0.05) is 62.9 Å². The van der Waals surface area contributed by atoms with Crippen molar-refractivity contribution in [3.63, 3.8) is 0 Å². The molecule has 1 aromatic carbocycles. The predicted octanol–water partition coefficient (Wildman–Crippen LogP) is 3.09. The van der Waals surface area contributed by atoms with Crippen molar-refractivity contribution >= 4 is 16.4 Å². The van der Waals surface area contributed by atoms with Crippen LogP contribution in [-0.4, -0.2) is 18.9 Å². The van der Waals surface area contributed by atoms with E-state index in [4.69, 9.17) is 4.55 Å². The number of carbonyl (C=O) groups is 1. The molecule has 0 aliphatic rings. The standard InChI is InChI=1S/C14H20O5S/c1-2-3-4-8-11-13(12-9-6-5-7-10-12)14(15)19-20(16,17)18/h5-7,9-10,13H,2-4,8,11H2,1H3,(H,16,17,18). The lowest BCUT2D eigenvalue weighted by Gasteiger charge is -2.14. The van der Waals surface area contributed by atoms with Crippen LogP contribution in [0.25, 0.3) is 0 Å². The number of carbonyl (C=O) groups excluding carboxylic acids is 1. The molecule has 0 aromatic heterocycles. The van der Waals surface area contributed by atoms with Crippen LogP contribution in [0.5, 0.6) is 0 Å². The van der Waals surface area contributed by atoms with Crippen LogP contribution in [0.4, 0.5) is 0 Å². The Morgan fingerprint density at radius 3 is 2.40 bits per heavy atom. The first-order valence-electron chi connectivity index (χ1n) is 6.69. The van der Waals surface area contributed by atoms with Gasteiger partial charge in [-0.15, -0.1) is 0 Å². The molecular weight excluding hydrogens is 280 g/mol. The Kier molecular flexibility index (Phi) is 6.67. The molecule has 1 unspecified atom stereocenters. The zero-order valence-corrected chi connectivity index (χ0v) is 12.3. The van der Waals surface area contributed by atoms with Gasteiger partial charge in [-0.25, -0.2) is 0 Å². The lowest BCUT2D eigenvalue weighted by molar-refractivity contribution is -0.136. The van der Waals surface area contributed by atoms with E-state index in [0.717, 1.165) is 25.7 Å². The van der Waals surface area contributed by atoms with Crippen molar-refractivity contribution in [2.45, 2.75) is 44.9 Å². The van der Waals surface area contributed by atoms with E-state index in [-0.39, 0.29) is 0 Å². The van der Waals surface area contributed by atoms with Gasteiger partial charge in [0.25, 0.3) is 0 Å². The SMILES string of the molecule is CCCCCCC(C(=O)OS(=O)(=O)O)c1ccccc1. The van der Waals surface area contributed by atoms with Crippen LogP contribution in [0.1, 0.15) is 50.5 Å². The van der Waals surface area contributed by atoms with Crippen molar-refractivity contribution in [3.8, 4) is 0 Å². The van der Waals surface area contributed by atoms with Gasteiger partial charge >= 0.3 is 16.4 Å². The maximum Gasteiger partial charge on any atom is 0.448 e. The van der Waals surface area contributed by atoms with Gasteiger partial charge in [-0.2, -0.15) is 8.42 Å². The van der Waals surface area contributed by atoms with E-state index < -0.39 is 22.3 Å². The minimum atomic E-state index is -4.76. The Morgan fingerprint density at radius 2 is 1.85 bits per heavy atom. The average molecular weight is 300 g/mol. The predicted molar refractivity (Wildman–Crippen MR) is 75.6 cm³/mol. The van der Waals surface area contributed by atoms with Crippen molar-refractivity contribution in [2.75, 3.05) is 0 Å². The molecule has 5 nitrogen and oxygen atoms in total. The molecule has 0 radical (unpaired) electrons. The largest absolute Gasteiger partial charge is 0.448 e. The molecule has 0 saturated carbocycles. The van der Waals surface area contributed by atoms with Crippen molar-refractivity contribution < 1.29 is 21.9 Å². The van der Waals surface area contributed by atoms with Gasteiger partial charge < -0.3 is 4.18 Å². The molecule has 1 rings (SSSR count). The Hall–Kier alpha value is -1.40. The van der Waals surface area contributed by atoms with Crippen molar-refractivity contribution in [1.29, 1.82) is 0 Å². The van der Waals surface area contributed by atoms with Gasteiger partial charge in [0.05, 0.1) is 5.92 Å². The third kappa shape index (κ3) is 6.16. The number of hydrogen-bond acceptors (Lipinski definition) is 4. The van der Waals surface area contributed by atoms with Crippen LogP contribution in [0.3, 0.4) is 0 Å². The van der Waals surface area contributed by atoms with Crippen molar-refractivity contribution in [1.82, 2.24) is 0 Å². The normalized spacial score (nSPS) is 12.9. The Labute approximate surface area is 119 Å². The molecule has 0 aliphatic carbocycles. The zero-order chi connectivity index (χ0) is 15.0. The van der Waals surface area contributed by atoms with Crippen molar-refractivity contribution in [2.24, 2.45) is 0 Å². The first-order chi connectivity index (χ1) is 9.44. The molecule has 1 aromatic rings. The third-order valence-electron chi connectivity index (χ3n) is 3.02. The molecule has 0 bridgehead atoms. The minimum absolute atomic E-state index is 0.498. The Bertz CT molecular complexity index is 510. The maximum atomic E-state index is 11.9. The summed E-state index contributed by atoms with van der Waals surface area (Å²) in [5.74, 6) is -1.61. The van der Waals surface area contributed by atoms with E-state index in [1.807, 2.05) is 6.07 Å². The molecule has 1 N–H and O–H groups in total. The summed E-state index contributed by atoms with van der Waals surface area (Å²) in [7, 11) is -4.76. The van der Waals surface area contributed by atoms with Crippen LogP contribution in [0.15, 0.2) is 30.3 Å². The lowest BCUT2D eigenvalue weighted by atomic mass is 9.93. The zero-order valence-electron chi connectivity index (χ0n) is 11.5. The first-order valence-corrected chi connectivity index (χ1v) is 8.06. The van der Waals surface area contributed by atoms with Gasteiger partial charge in [0.1, 0.15) is 0 Å². The molecule has 0 aliphatic heterocycles. The molecule has 1 atom stereocenters. The van der Waals surface area contributed by atoms with Gasteiger partial charge in [-0.05, 0) is 12.0 Å². The number of hydrogen-bond donors (Lipinski definition) is 1. The van der Waals surface area contributed by atoms with E-state index in [1.54, 1.807) is 24.3 Å². The van der Waals surface area contributed by atoms with Crippen molar-refractivity contribution in [3.05, 3.63) is 35.9 Å². The Morgan fingerprint density at radius 1 is 1.20 bits per heavy atom.